The van der Waals surface area contributed by atoms with Crippen molar-refractivity contribution in [3.63, 3.8) is 0 Å². The zero-order valence-corrected chi connectivity index (χ0v) is 16.7. The van der Waals surface area contributed by atoms with E-state index in [9.17, 15) is 9.90 Å². The van der Waals surface area contributed by atoms with E-state index in [2.05, 4.69) is 25.2 Å². The SMILES string of the molecule is Cc1nc(NC(=O)c2cccc(Cl)n2)cc(N2C[C@@H](C)C(C)(O)[C@@H](C)C2)n1. The lowest BCUT2D eigenvalue weighted by molar-refractivity contribution is -0.0504. The Kier molecular flexibility index (Phi) is 5.35. The number of amides is 1. The Labute approximate surface area is 163 Å². The fraction of sp³-hybridized carbons (Fsp3) is 0.474. The Hall–Kier alpha value is -2.25. The number of halogens is 1. The van der Waals surface area contributed by atoms with Crippen LogP contribution in [0, 0.1) is 18.8 Å². The van der Waals surface area contributed by atoms with Crippen molar-refractivity contribution in [1.29, 1.82) is 0 Å². The number of hydrogen-bond donors (Lipinski definition) is 2. The molecule has 1 aliphatic heterocycles. The van der Waals surface area contributed by atoms with Gasteiger partial charge < -0.3 is 15.3 Å². The van der Waals surface area contributed by atoms with E-state index < -0.39 is 5.60 Å². The van der Waals surface area contributed by atoms with Gasteiger partial charge in [-0.15, -0.1) is 0 Å². The van der Waals surface area contributed by atoms with Crippen LogP contribution in [-0.4, -0.2) is 44.7 Å². The average molecular weight is 390 g/mol. The van der Waals surface area contributed by atoms with Gasteiger partial charge in [0.15, 0.2) is 0 Å². The van der Waals surface area contributed by atoms with E-state index in [1.54, 1.807) is 31.2 Å². The van der Waals surface area contributed by atoms with Crippen LogP contribution in [0.4, 0.5) is 11.6 Å². The van der Waals surface area contributed by atoms with Crippen molar-refractivity contribution in [3.8, 4) is 0 Å². The van der Waals surface area contributed by atoms with Crippen LogP contribution in [0.2, 0.25) is 5.15 Å². The summed E-state index contributed by atoms with van der Waals surface area (Å²) >= 11 is 5.85. The van der Waals surface area contributed by atoms with Crippen LogP contribution in [0.3, 0.4) is 0 Å². The summed E-state index contributed by atoms with van der Waals surface area (Å²) < 4.78 is 0. The van der Waals surface area contributed by atoms with Crippen molar-refractivity contribution in [2.45, 2.75) is 33.3 Å². The first-order valence-corrected chi connectivity index (χ1v) is 9.31. The fourth-order valence-electron chi connectivity index (χ4n) is 3.27. The molecule has 0 saturated carbocycles. The van der Waals surface area contributed by atoms with Crippen LogP contribution in [-0.2, 0) is 0 Å². The molecule has 2 N–H and O–H groups in total. The highest BCUT2D eigenvalue weighted by atomic mass is 35.5. The van der Waals surface area contributed by atoms with E-state index in [4.69, 9.17) is 11.6 Å². The molecule has 8 heteroatoms. The summed E-state index contributed by atoms with van der Waals surface area (Å²) in [6, 6.07) is 6.61. The maximum absolute atomic E-state index is 12.4. The molecule has 2 aromatic rings. The van der Waals surface area contributed by atoms with E-state index in [0.717, 1.165) is 5.82 Å². The average Bonchev–Trinajstić information content (AvgIpc) is 2.59. The first kappa shape index (κ1) is 19.5. The highest BCUT2D eigenvalue weighted by Crippen LogP contribution is 2.34. The van der Waals surface area contributed by atoms with E-state index in [1.165, 1.54) is 0 Å². The minimum Gasteiger partial charge on any atom is -0.389 e. The minimum absolute atomic E-state index is 0.0882. The number of rotatable bonds is 3. The Bertz CT molecular complexity index is 844. The molecule has 1 saturated heterocycles. The minimum atomic E-state index is -0.714. The predicted octanol–water partition coefficient (Wildman–Crippen LogP) is 2.93. The van der Waals surface area contributed by atoms with Crippen LogP contribution in [0.5, 0.6) is 0 Å². The van der Waals surface area contributed by atoms with E-state index in [1.807, 2.05) is 20.8 Å². The molecule has 7 nitrogen and oxygen atoms in total. The molecule has 2 aromatic heterocycles. The summed E-state index contributed by atoms with van der Waals surface area (Å²) in [5.74, 6) is 1.48. The van der Waals surface area contributed by atoms with Crippen molar-refractivity contribution < 1.29 is 9.90 Å². The van der Waals surface area contributed by atoms with Crippen molar-refractivity contribution in [2.75, 3.05) is 23.3 Å². The molecule has 1 unspecified atom stereocenters. The Balaban J connectivity index is 1.82. The van der Waals surface area contributed by atoms with E-state index in [0.29, 0.717) is 24.7 Å². The quantitative estimate of drug-likeness (QED) is 0.784. The lowest BCUT2D eigenvalue weighted by Gasteiger charge is -2.46. The smallest absolute Gasteiger partial charge is 0.275 e. The number of carbonyl (C=O) groups excluding carboxylic acids is 1. The van der Waals surface area contributed by atoms with Crippen molar-refractivity contribution in [2.24, 2.45) is 11.8 Å². The number of hydrogen-bond acceptors (Lipinski definition) is 6. The molecule has 0 radical (unpaired) electrons. The summed E-state index contributed by atoms with van der Waals surface area (Å²) in [7, 11) is 0. The normalized spacial score (nSPS) is 25.3. The zero-order chi connectivity index (χ0) is 19.8. The first-order chi connectivity index (χ1) is 12.7. The van der Waals surface area contributed by atoms with Gasteiger partial charge in [0.05, 0.1) is 5.60 Å². The molecule has 3 heterocycles. The number of carbonyl (C=O) groups is 1. The van der Waals surface area contributed by atoms with Gasteiger partial charge >= 0.3 is 0 Å². The fourth-order valence-corrected chi connectivity index (χ4v) is 3.43. The third-order valence-electron chi connectivity index (χ3n) is 5.32. The summed E-state index contributed by atoms with van der Waals surface area (Å²) in [6.45, 7) is 9.08. The molecule has 0 spiro atoms. The topological polar surface area (TPSA) is 91.2 Å². The number of pyridine rings is 1. The number of piperidine rings is 1. The number of aryl methyl sites for hydroxylation is 1. The molecule has 144 valence electrons. The van der Waals surface area contributed by atoms with E-state index >= 15 is 0 Å². The Morgan fingerprint density at radius 1 is 1.26 bits per heavy atom. The van der Waals surface area contributed by atoms with E-state index in [-0.39, 0.29) is 28.6 Å². The lowest BCUT2D eigenvalue weighted by Crippen LogP contribution is -2.55. The summed E-state index contributed by atoms with van der Waals surface area (Å²) in [5.41, 5.74) is -0.495. The number of nitrogens with one attached hydrogen (secondary N) is 1. The number of nitrogens with zero attached hydrogens (tertiary/aromatic N) is 4. The van der Waals surface area contributed by atoms with Gasteiger partial charge in [-0.25, -0.2) is 15.0 Å². The molecular formula is C19H24ClN5O2. The van der Waals surface area contributed by atoms with Crippen molar-refractivity contribution >= 4 is 29.1 Å². The summed E-state index contributed by atoms with van der Waals surface area (Å²) in [6.07, 6.45) is 0. The molecular weight excluding hydrogens is 366 g/mol. The van der Waals surface area contributed by atoms with Gasteiger partial charge in [-0.3, -0.25) is 4.79 Å². The Morgan fingerprint density at radius 3 is 2.56 bits per heavy atom. The molecule has 0 aliphatic carbocycles. The van der Waals surface area contributed by atoms with Gasteiger partial charge in [0.25, 0.3) is 5.91 Å². The predicted molar refractivity (Wildman–Crippen MR) is 105 cm³/mol. The van der Waals surface area contributed by atoms with Gasteiger partial charge in [-0.05, 0) is 26.0 Å². The van der Waals surface area contributed by atoms with Crippen LogP contribution in [0.15, 0.2) is 24.3 Å². The zero-order valence-electron chi connectivity index (χ0n) is 15.9. The summed E-state index contributed by atoms with van der Waals surface area (Å²) in [4.78, 5) is 27.4. The number of anilines is 2. The standard InChI is InChI=1S/C19H24ClN5O2/c1-11-9-25(10-12(2)19(11,4)27)17-8-16(21-13(3)22-17)24-18(26)14-6-5-7-15(20)23-14/h5-8,11-12,27H,9-10H2,1-4H3,(H,21,22,24,26)/t11-,12+,19?. The van der Waals surface area contributed by atoms with Gasteiger partial charge in [-0.2, -0.15) is 0 Å². The van der Waals surface area contributed by atoms with Gasteiger partial charge in [0.1, 0.15) is 28.3 Å². The third-order valence-corrected chi connectivity index (χ3v) is 5.53. The molecule has 3 rings (SSSR count). The second-order valence-corrected chi connectivity index (χ2v) is 7.78. The molecule has 1 amide bonds. The van der Waals surface area contributed by atoms with Crippen LogP contribution < -0.4 is 10.2 Å². The van der Waals surface area contributed by atoms with Gasteiger partial charge in [-0.1, -0.05) is 31.5 Å². The largest absolute Gasteiger partial charge is 0.389 e. The first-order valence-electron chi connectivity index (χ1n) is 8.93. The molecule has 0 bridgehead atoms. The summed E-state index contributed by atoms with van der Waals surface area (Å²) in [5, 5.41) is 13.6. The third kappa shape index (κ3) is 4.20. The lowest BCUT2D eigenvalue weighted by atomic mass is 9.76. The molecule has 27 heavy (non-hydrogen) atoms. The van der Waals surface area contributed by atoms with Crippen LogP contribution in [0.25, 0.3) is 0 Å². The highest BCUT2D eigenvalue weighted by Gasteiger charge is 2.40. The second-order valence-electron chi connectivity index (χ2n) is 7.39. The molecule has 0 aromatic carbocycles. The van der Waals surface area contributed by atoms with Gasteiger partial charge in [0, 0.05) is 31.0 Å². The monoisotopic (exact) mass is 389 g/mol. The maximum atomic E-state index is 12.4. The Morgan fingerprint density at radius 2 is 1.93 bits per heavy atom. The molecule has 3 atom stereocenters. The molecule has 1 aliphatic rings. The van der Waals surface area contributed by atoms with Gasteiger partial charge in [0.2, 0.25) is 0 Å². The number of aromatic nitrogens is 3. The van der Waals surface area contributed by atoms with Crippen molar-refractivity contribution in [3.05, 3.63) is 40.9 Å². The molecule has 1 fully saturated rings. The van der Waals surface area contributed by atoms with Crippen molar-refractivity contribution in [1.82, 2.24) is 15.0 Å². The van der Waals surface area contributed by atoms with Crippen LogP contribution >= 0.6 is 11.6 Å². The maximum Gasteiger partial charge on any atom is 0.275 e. The number of aliphatic hydroxyl groups is 1. The highest BCUT2D eigenvalue weighted by molar-refractivity contribution is 6.29. The second kappa shape index (κ2) is 7.40. The van der Waals surface area contributed by atoms with Crippen LogP contribution in [0.1, 0.15) is 37.1 Å².